The number of nitrogens with zero attached hydrogens (tertiary/aromatic N) is 3. The first kappa shape index (κ1) is 15.7. The molecule has 0 atom stereocenters. The lowest BCUT2D eigenvalue weighted by Gasteiger charge is -2.45. The molecule has 0 bridgehead atoms. The van der Waals surface area contributed by atoms with E-state index in [1.54, 1.807) is 7.11 Å². The van der Waals surface area contributed by atoms with Crippen molar-refractivity contribution in [1.82, 2.24) is 14.7 Å². The lowest BCUT2D eigenvalue weighted by molar-refractivity contribution is -0.100. The number of piperidine rings is 1. The monoisotopic (exact) mass is 327 g/mol. The largest absolute Gasteiger partial charge is 0.496 e. The Morgan fingerprint density at radius 3 is 2.79 bits per heavy atom. The third kappa shape index (κ3) is 2.62. The van der Waals surface area contributed by atoms with Gasteiger partial charge in [0.25, 0.3) is 0 Å². The predicted molar refractivity (Wildman–Crippen MR) is 92.0 cm³/mol. The highest BCUT2D eigenvalue weighted by Gasteiger charge is 2.42. The molecule has 1 saturated heterocycles. The van der Waals surface area contributed by atoms with Crippen LogP contribution in [0.1, 0.15) is 29.7 Å². The molecule has 24 heavy (non-hydrogen) atoms. The lowest BCUT2D eigenvalue weighted by Crippen LogP contribution is -2.46. The third-order valence-corrected chi connectivity index (χ3v) is 5.51. The second kappa shape index (κ2) is 6.22. The minimum atomic E-state index is -0.177. The second-order valence-electron chi connectivity index (χ2n) is 6.81. The highest BCUT2D eigenvalue weighted by molar-refractivity contribution is 5.46. The van der Waals surface area contributed by atoms with E-state index in [1.165, 1.54) is 16.8 Å². The predicted octanol–water partition coefficient (Wildman–Crippen LogP) is 2.49. The van der Waals surface area contributed by atoms with Crippen LogP contribution in [-0.2, 0) is 30.4 Å². The number of rotatable bonds is 3. The van der Waals surface area contributed by atoms with Crippen molar-refractivity contribution in [1.29, 1.82) is 0 Å². The Hall–Kier alpha value is -1.85. The average Bonchev–Trinajstić information content (AvgIpc) is 3.02. The molecule has 1 fully saturated rings. The number of benzene rings is 1. The first-order chi connectivity index (χ1) is 11.7. The molecule has 0 N–H and O–H groups in total. The highest BCUT2D eigenvalue weighted by atomic mass is 16.5. The van der Waals surface area contributed by atoms with Crippen LogP contribution < -0.4 is 4.74 Å². The molecule has 2 aliphatic rings. The van der Waals surface area contributed by atoms with Crippen LogP contribution in [0.5, 0.6) is 5.75 Å². The smallest absolute Gasteiger partial charge is 0.125 e. The molecular formula is C19H25N3O2. The van der Waals surface area contributed by atoms with E-state index in [-0.39, 0.29) is 5.60 Å². The molecule has 2 aliphatic heterocycles. The van der Waals surface area contributed by atoms with Gasteiger partial charge >= 0.3 is 0 Å². The van der Waals surface area contributed by atoms with E-state index in [1.807, 2.05) is 17.9 Å². The number of fused-ring (bicyclic) bond motifs is 2. The second-order valence-corrected chi connectivity index (χ2v) is 6.81. The van der Waals surface area contributed by atoms with Crippen molar-refractivity contribution in [2.75, 3.05) is 26.8 Å². The van der Waals surface area contributed by atoms with Crippen LogP contribution in [-0.4, -0.2) is 41.5 Å². The Morgan fingerprint density at radius 1 is 1.25 bits per heavy atom. The minimum absolute atomic E-state index is 0.177. The Morgan fingerprint density at radius 2 is 2.08 bits per heavy atom. The molecule has 128 valence electrons. The van der Waals surface area contributed by atoms with Crippen LogP contribution in [0.2, 0.25) is 0 Å². The highest BCUT2D eigenvalue weighted by Crippen LogP contribution is 2.45. The van der Waals surface area contributed by atoms with Crippen molar-refractivity contribution >= 4 is 0 Å². The van der Waals surface area contributed by atoms with E-state index in [0.717, 1.165) is 51.3 Å². The number of methoxy groups -OCH3 is 1. The van der Waals surface area contributed by atoms with Crippen molar-refractivity contribution in [3.8, 4) is 5.75 Å². The molecule has 0 radical (unpaired) electrons. The number of aromatic nitrogens is 2. The number of aryl methyl sites for hydroxylation is 1. The van der Waals surface area contributed by atoms with Gasteiger partial charge in [-0.2, -0.15) is 5.10 Å². The number of hydrogen-bond acceptors (Lipinski definition) is 4. The van der Waals surface area contributed by atoms with Gasteiger partial charge in [-0.05, 0) is 37.0 Å². The fourth-order valence-corrected chi connectivity index (χ4v) is 4.15. The van der Waals surface area contributed by atoms with Crippen molar-refractivity contribution in [2.24, 2.45) is 7.05 Å². The topological polar surface area (TPSA) is 39.5 Å². The molecule has 1 aromatic heterocycles. The molecule has 5 heteroatoms. The Kier molecular flexibility index (Phi) is 4.06. The summed E-state index contributed by atoms with van der Waals surface area (Å²) in [6, 6.07) is 8.48. The molecule has 1 spiro atoms. The summed E-state index contributed by atoms with van der Waals surface area (Å²) in [5.41, 5.74) is 3.76. The van der Waals surface area contributed by atoms with E-state index in [4.69, 9.17) is 9.47 Å². The van der Waals surface area contributed by atoms with Crippen LogP contribution in [0.25, 0.3) is 0 Å². The molecular weight excluding hydrogens is 302 g/mol. The maximum atomic E-state index is 6.36. The van der Waals surface area contributed by atoms with Crippen molar-refractivity contribution in [3.63, 3.8) is 0 Å². The Balaban J connectivity index is 1.54. The summed E-state index contributed by atoms with van der Waals surface area (Å²) in [6.07, 6.45) is 4.87. The first-order valence-electron chi connectivity index (χ1n) is 8.71. The summed E-state index contributed by atoms with van der Waals surface area (Å²) in [5, 5.41) is 4.27. The fraction of sp³-hybridized carbons (Fsp3) is 0.526. The fourth-order valence-electron chi connectivity index (χ4n) is 4.15. The Bertz CT molecular complexity index is 703. The summed E-state index contributed by atoms with van der Waals surface area (Å²) in [7, 11) is 3.77. The normalized spacial score (nSPS) is 20.1. The number of hydrogen-bond donors (Lipinski definition) is 0. The number of ether oxygens (including phenoxy) is 2. The average molecular weight is 327 g/mol. The molecule has 0 unspecified atom stereocenters. The molecule has 4 rings (SSSR count). The summed E-state index contributed by atoms with van der Waals surface area (Å²) >= 11 is 0. The van der Waals surface area contributed by atoms with E-state index in [0.29, 0.717) is 0 Å². The quantitative estimate of drug-likeness (QED) is 0.868. The first-order valence-corrected chi connectivity index (χ1v) is 8.71. The molecule has 0 aliphatic carbocycles. The van der Waals surface area contributed by atoms with Gasteiger partial charge in [0, 0.05) is 38.4 Å². The molecule has 0 saturated carbocycles. The van der Waals surface area contributed by atoms with E-state index < -0.39 is 0 Å². The Labute approximate surface area is 143 Å². The molecule has 2 aromatic rings. The van der Waals surface area contributed by atoms with Gasteiger partial charge in [-0.15, -0.1) is 0 Å². The molecule has 1 aromatic carbocycles. The minimum Gasteiger partial charge on any atom is -0.496 e. The van der Waals surface area contributed by atoms with E-state index in [2.05, 4.69) is 34.3 Å². The van der Waals surface area contributed by atoms with Gasteiger partial charge in [0.15, 0.2) is 0 Å². The summed E-state index contributed by atoms with van der Waals surface area (Å²) < 4.78 is 14.0. The maximum Gasteiger partial charge on any atom is 0.125 e. The lowest BCUT2D eigenvalue weighted by atomic mass is 9.78. The van der Waals surface area contributed by atoms with Gasteiger partial charge in [-0.1, -0.05) is 12.1 Å². The van der Waals surface area contributed by atoms with Gasteiger partial charge in [0.1, 0.15) is 5.75 Å². The zero-order valence-electron chi connectivity index (χ0n) is 14.5. The maximum absolute atomic E-state index is 6.36. The van der Waals surface area contributed by atoms with Gasteiger partial charge < -0.3 is 9.47 Å². The SMILES string of the molecule is COc1cccc2c1C1(CCN(Cc3ccnn3C)CC1)OCC2. The van der Waals surface area contributed by atoms with E-state index >= 15 is 0 Å². The molecule has 0 amide bonds. The van der Waals surface area contributed by atoms with Crippen molar-refractivity contribution in [2.45, 2.75) is 31.4 Å². The van der Waals surface area contributed by atoms with Crippen molar-refractivity contribution < 1.29 is 9.47 Å². The standard InChI is InChI=1S/C19H25N3O2/c1-21-16(6-10-20-21)14-22-11-8-19(9-12-22)18-15(7-13-24-19)4-3-5-17(18)23-2/h3-6,10H,7-9,11-14H2,1-2H3. The zero-order valence-corrected chi connectivity index (χ0v) is 14.5. The van der Waals surface area contributed by atoms with Crippen LogP contribution >= 0.6 is 0 Å². The van der Waals surface area contributed by atoms with Crippen LogP contribution in [0.3, 0.4) is 0 Å². The summed E-state index contributed by atoms with van der Waals surface area (Å²) in [5.74, 6) is 0.979. The molecule has 5 nitrogen and oxygen atoms in total. The van der Waals surface area contributed by atoms with Gasteiger partial charge in [0.05, 0.1) is 25.0 Å². The van der Waals surface area contributed by atoms with Crippen LogP contribution in [0.15, 0.2) is 30.5 Å². The van der Waals surface area contributed by atoms with Gasteiger partial charge in [-0.25, -0.2) is 0 Å². The number of likely N-dealkylation sites (tertiary alicyclic amines) is 1. The molecule has 3 heterocycles. The van der Waals surface area contributed by atoms with Crippen LogP contribution in [0.4, 0.5) is 0 Å². The summed E-state index contributed by atoms with van der Waals surface area (Å²) in [4.78, 5) is 2.50. The van der Waals surface area contributed by atoms with E-state index in [9.17, 15) is 0 Å². The van der Waals surface area contributed by atoms with Gasteiger partial charge in [-0.3, -0.25) is 9.58 Å². The summed E-state index contributed by atoms with van der Waals surface area (Å²) in [6.45, 7) is 3.82. The van der Waals surface area contributed by atoms with Gasteiger partial charge in [0.2, 0.25) is 0 Å². The zero-order chi connectivity index (χ0) is 16.6. The van der Waals surface area contributed by atoms with Crippen molar-refractivity contribution in [3.05, 3.63) is 47.3 Å². The third-order valence-electron chi connectivity index (χ3n) is 5.51. The van der Waals surface area contributed by atoms with Crippen LogP contribution in [0, 0.1) is 0 Å².